The smallest absolute Gasteiger partial charge is 0.266 e. The molecular weight excluding hydrogens is 570 g/mol. The molecule has 1 heterocycles. The van der Waals surface area contributed by atoms with Crippen molar-refractivity contribution >= 4 is 21.6 Å². The zero-order valence-corrected chi connectivity index (χ0v) is 25.3. The Kier molecular flexibility index (Phi) is 11.2. The molecule has 3 aromatic carbocycles. The van der Waals surface area contributed by atoms with Crippen molar-refractivity contribution in [1.29, 1.82) is 0 Å². The second-order valence-electron chi connectivity index (χ2n) is 10.1. The molecule has 230 valence electrons. The van der Waals surface area contributed by atoms with Gasteiger partial charge in [0, 0.05) is 25.1 Å². The molecule has 43 heavy (non-hydrogen) atoms. The second-order valence-corrected chi connectivity index (χ2v) is 12.2. The number of carbonyl (C=O) groups is 1. The average molecular weight is 610 g/mol. The number of para-hydroxylation sites is 1. The molecule has 3 N–H and O–H groups in total. The van der Waals surface area contributed by atoms with Crippen LogP contribution in [-0.4, -0.2) is 69.1 Å². The first-order valence-corrected chi connectivity index (χ1v) is 16.1. The van der Waals surface area contributed by atoms with Crippen molar-refractivity contribution < 1.29 is 32.5 Å². The number of nitrogens with zero attached hydrogens (tertiary/aromatic N) is 1. The third kappa shape index (κ3) is 8.13. The van der Waals surface area contributed by atoms with Gasteiger partial charge in [-0.3, -0.25) is 10.2 Å². The number of nitrogens with one attached hydrogen (secondary N) is 2. The van der Waals surface area contributed by atoms with Crippen LogP contribution in [0.3, 0.4) is 0 Å². The van der Waals surface area contributed by atoms with Gasteiger partial charge < -0.3 is 19.3 Å². The minimum Gasteiger partial charge on any atom is -0.494 e. The molecule has 1 aliphatic rings. The van der Waals surface area contributed by atoms with E-state index < -0.39 is 27.4 Å². The summed E-state index contributed by atoms with van der Waals surface area (Å²) >= 11 is 0. The predicted molar refractivity (Wildman–Crippen MR) is 164 cm³/mol. The maximum atomic E-state index is 13.8. The first-order valence-electron chi connectivity index (χ1n) is 14.4. The minimum atomic E-state index is -3.69. The van der Waals surface area contributed by atoms with Gasteiger partial charge in [-0.1, -0.05) is 36.4 Å². The van der Waals surface area contributed by atoms with Gasteiger partial charge in [-0.15, -0.1) is 0 Å². The van der Waals surface area contributed by atoms with Crippen molar-refractivity contribution in [2.45, 2.75) is 49.6 Å². The quantitative estimate of drug-likeness (QED) is 0.166. The number of aliphatic hydroxyl groups is 1. The molecule has 11 heteroatoms. The highest BCUT2D eigenvalue weighted by atomic mass is 32.2. The number of hydrogen-bond donors (Lipinski definition) is 3. The zero-order valence-electron chi connectivity index (χ0n) is 24.5. The predicted octanol–water partition coefficient (Wildman–Crippen LogP) is 3.48. The van der Waals surface area contributed by atoms with Crippen LogP contribution in [0.15, 0.2) is 88.8 Å². The van der Waals surface area contributed by atoms with Crippen molar-refractivity contribution in [3.05, 3.63) is 90.0 Å². The van der Waals surface area contributed by atoms with E-state index in [2.05, 4.69) is 10.9 Å². The van der Waals surface area contributed by atoms with Crippen LogP contribution in [0.4, 0.5) is 0 Å². The van der Waals surface area contributed by atoms with Crippen LogP contribution in [0.5, 0.6) is 11.5 Å². The lowest BCUT2D eigenvalue weighted by Gasteiger charge is -2.28. The van der Waals surface area contributed by atoms with E-state index in [1.165, 1.54) is 12.1 Å². The topological polar surface area (TPSA) is 136 Å². The lowest BCUT2D eigenvalue weighted by Crippen LogP contribution is -2.55. The van der Waals surface area contributed by atoms with Gasteiger partial charge in [-0.25, -0.2) is 18.8 Å². The van der Waals surface area contributed by atoms with E-state index in [0.717, 1.165) is 11.3 Å². The molecule has 0 unspecified atom stereocenters. The molecule has 0 bridgehead atoms. The van der Waals surface area contributed by atoms with Crippen LogP contribution in [0.2, 0.25) is 0 Å². The summed E-state index contributed by atoms with van der Waals surface area (Å²) in [6.07, 6.45) is 0.289. The van der Waals surface area contributed by atoms with Crippen molar-refractivity contribution in [2.24, 2.45) is 4.99 Å². The second kappa shape index (κ2) is 15.0. The number of sulfone groups is 1. The molecule has 0 radical (unpaired) electrons. The molecule has 1 aliphatic heterocycles. The van der Waals surface area contributed by atoms with Crippen LogP contribution in [0, 0.1) is 0 Å². The molecule has 3 aromatic rings. The van der Waals surface area contributed by atoms with Crippen LogP contribution < -0.4 is 20.3 Å². The fourth-order valence-electron chi connectivity index (χ4n) is 4.74. The molecule has 0 fully saturated rings. The van der Waals surface area contributed by atoms with Gasteiger partial charge in [0.1, 0.15) is 17.6 Å². The number of carbonyl (C=O) groups excluding carboxylic acids is 1. The van der Waals surface area contributed by atoms with Crippen LogP contribution in [-0.2, 0) is 25.8 Å². The number of aliphatic hydroxyl groups excluding tert-OH is 1. The lowest BCUT2D eigenvalue weighted by molar-refractivity contribution is -0.129. The van der Waals surface area contributed by atoms with Crippen LogP contribution >= 0.6 is 0 Å². The van der Waals surface area contributed by atoms with Gasteiger partial charge in [0.2, 0.25) is 5.90 Å². The Bertz CT molecular complexity index is 1480. The number of amides is 1. The Labute approximate surface area is 253 Å². The Morgan fingerprint density at radius 1 is 1.02 bits per heavy atom. The molecule has 0 saturated carbocycles. The molecule has 10 nitrogen and oxygen atoms in total. The van der Waals surface area contributed by atoms with Crippen molar-refractivity contribution in [3.8, 4) is 11.5 Å². The fourth-order valence-corrected chi connectivity index (χ4v) is 6.13. The van der Waals surface area contributed by atoms with E-state index in [4.69, 9.17) is 24.3 Å². The van der Waals surface area contributed by atoms with E-state index in [9.17, 15) is 13.2 Å². The van der Waals surface area contributed by atoms with Gasteiger partial charge in [-0.2, -0.15) is 0 Å². The average Bonchev–Trinajstić information content (AvgIpc) is 3.37. The van der Waals surface area contributed by atoms with Gasteiger partial charge in [-0.05, 0) is 74.7 Å². The third-order valence-corrected chi connectivity index (χ3v) is 8.91. The minimum absolute atomic E-state index is 0.0418. The first-order chi connectivity index (χ1) is 20.8. The number of aliphatic imine (C=N–C) groups is 1. The Morgan fingerprint density at radius 2 is 1.74 bits per heavy atom. The highest BCUT2D eigenvalue weighted by molar-refractivity contribution is 7.91. The fraction of sp³-hybridized carbons (Fsp3) is 0.375. The van der Waals surface area contributed by atoms with Crippen molar-refractivity contribution in [1.82, 2.24) is 10.9 Å². The largest absolute Gasteiger partial charge is 0.494 e. The van der Waals surface area contributed by atoms with Gasteiger partial charge in [0.25, 0.3) is 5.91 Å². The van der Waals surface area contributed by atoms with Gasteiger partial charge in [0.05, 0.1) is 23.9 Å². The van der Waals surface area contributed by atoms with Crippen molar-refractivity contribution in [2.75, 3.05) is 32.1 Å². The number of ether oxygens (including phenoxy) is 3. The molecule has 0 aliphatic carbocycles. The highest BCUT2D eigenvalue weighted by Gasteiger charge is 2.50. The Morgan fingerprint density at radius 3 is 2.47 bits per heavy atom. The third-order valence-electron chi connectivity index (χ3n) is 7.18. The van der Waals surface area contributed by atoms with Crippen molar-refractivity contribution in [3.63, 3.8) is 0 Å². The number of benzene rings is 3. The van der Waals surface area contributed by atoms with E-state index in [-0.39, 0.29) is 29.6 Å². The maximum Gasteiger partial charge on any atom is 0.266 e. The molecule has 2 atom stereocenters. The molecule has 1 amide bonds. The summed E-state index contributed by atoms with van der Waals surface area (Å²) in [4.78, 5) is 18.7. The summed E-state index contributed by atoms with van der Waals surface area (Å²) < 4.78 is 43.7. The first kappa shape index (κ1) is 32.0. The van der Waals surface area contributed by atoms with E-state index in [1.807, 2.05) is 31.2 Å². The van der Waals surface area contributed by atoms with Crippen LogP contribution in [0.1, 0.15) is 37.8 Å². The summed E-state index contributed by atoms with van der Waals surface area (Å²) in [6.45, 7) is 5.03. The Balaban J connectivity index is 1.52. The number of hydrogen-bond acceptors (Lipinski definition) is 9. The van der Waals surface area contributed by atoms with E-state index in [1.54, 1.807) is 49.4 Å². The van der Waals surface area contributed by atoms with Gasteiger partial charge in [0.15, 0.2) is 15.4 Å². The summed E-state index contributed by atoms with van der Waals surface area (Å²) in [5.74, 6) is 0.871. The summed E-state index contributed by atoms with van der Waals surface area (Å²) in [7, 11) is -3.69. The molecule has 4 rings (SSSR count). The van der Waals surface area contributed by atoms with E-state index in [0.29, 0.717) is 43.9 Å². The number of hydrazine groups is 1. The van der Waals surface area contributed by atoms with E-state index >= 15 is 0 Å². The normalized spacial score (nSPS) is 18.0. The summed E-state index contributed by atoms with van der Waals surface area (Å²) in [6, 6.07) is 22.9. The lowest BCUT2D eigenvalue weighted by atomic mass is 9.90. The zero-order chi connectivity index (χ0) is 30.7. The van der Waals surface area contributed by atoms with Crippen LogP contribution in [0.25, 0.3) is 0 Å². The highest BCUT2D eigenvalue weighted by Crippen LogP contribution is 2.33. The number of rotatable bonds is 16. The monoisotopic (exact) mass is 609 g/mol. The maximum absolute atomic E-state index is 13.8. The van der Waals surface area contributed by atoms with Gasteiger partial charge >= 0.3 is 0 Å². The standard InChI is InChI=1S/C32H39N3O7S/c1-3-40-29-13-8-7-10-25(29)18-20-33-35-31(37)32(19-23-43(38,39)28-11-5-4-6-12-28)24(2)42-30(34-32)26-14-16-27(17-15-26)41-22-9-21-36/h4-8,10-17,24,33,36H,3,9,18-23H2,1-2H3,(H,35,37)/t24-,32-/m0/s1. The molecular formula is C32H39N3O7S. The molecule has 0 spiro atoms. The SMILES string of the molecule is CCOc1ccccc1CCNNC(=O)[C@@]1(CCS(=O)(=O)c2ccccc2)N=C(c2ccc(OCCCO)cc2)O[C@H]1C. The Hall–Kier alpha value is -3.93. The molecule has 0 aromatic heterocycles. The summed E-state index contributed by atoms with van der Waals surface area (Å²) in [5.41, 5.74) is 5.86. The summed E-state index contributed by atoms with van der Waals surface area (Å²) in [5, 5.41) is 8.97. The molecule has 0 saturated heterocycles.